The van der Waals surface area contributed by atoms with Crippen LogP contribution in [0.15, 0.2) is 54.6 Å². The lowest BCUT2D eigenvalue weighted by Crippen LogP contribution is -1.92. The van der Waals surface area contributed by atoms with Crippen molar-refractivity contribution in [1.82, 2.24) is 0 Å². The maximum Gasteiger partial charge on any atom is -0.00671 e. The maximum absolute atomic E-state index is 4.23. The highest BCUT2D eigenvalue weighted by atomic mass is 32.2. The van der Waals surface area contributed by atoms with Gasteiger partial charge in [-0.05, 0) is 60.0 Å². The van der Waals surface area contributed by atoms with Crippen LogP contribution in [0.3, 0.4) is 0 Å². The molecule has 0 saturated heterocycles. The van der Waals surface area contributed by atoms with E-state index in [0.29, 0.717) is 0 Å². The number of hydrogen-bond donors (Lipinski definition) is 0. The van der Waals surface area contributed by atoms with Gasteiger partial charge in [-0.15, -0.1) is 0 Å². The summed E-state index contributed by atoms with van der Waals surface area (Å²) in [6.45, 7) is 4.23. The fourth-order valence-electron chi connectivity index (χ4n) is 2.30. The van der Waals surface area contributed by atoms with Crippen LogP contribution in [-0.4, -0.2) is 12.0 Å². The van der Waals surface area contributed by atoms with Gasteiger partial charge in [-0.2, -0.15) is 11.8 Å². The van der Waals surface area contributed by atoms with E-state index >= 15 is 0 Å². The van der Waals surface area contributed by atoms with Gasteiger partial charge >= 0.3 is 0 Å². The molecule has 1 aliphatic rings. The van der Waals surface area contributed by atoms with E-state index < -0.39 is 0 Å². The quantitative estimate of drug-likeness (QED) is 0.634. The molecule has 0 amide bonds. The van der Waals surface area contributed by atoms with Crippen molar-refractivity contribution >= 4 is 17.3 Å². The summed E-state index contributed by atoms with van der Waals surface area (Å²) in [6, 6.07) is 8.90. The molecule has 19 heavy (non-hydrogen) atoms. The summed E-state index contributed by atoms with van der Waals surface area (Å²) in [6.07, 6.45) is 13.6. The van der Waals surface area contributed by atoms with Crippen LogP contribution >= 0.6 is 11.8 Å². The molecule has 0 radical (unpaired) electrons. The normalized spacial score (nSPS) is 14.3. The van der Waals surface area contributed by atoms with Crippen LogP contribution in [0, 0.1) is 0 Å². The number of aryl methyl sites for hydroxylation is 1. The van der Waals surface area contributed by atoms with Gasteiger partial charge in [0.1, 0.15) is 0 Å². The largest absolute Gasteiger partial charge is 0.165 e. The van der Waals surface area contributed by atoms with Gasteiger partial charge in [0.15, 0.2) is 0 Å². The molecule has 0 aromatic heterocycles. The van der Waals surface area contributed by atoms with E-state index in [9.17, 15) is 0 Å². The van der Waals surface area contributed by atoms with Crippen LogP contribution in [0.2, 0.25) is 0 Å². The van der Waals surface area contributed by atoms with Crippen molar-refractivity contribution in [3.63, 3.8) is 0 Å². The SMILES string of the molecule is C=C(C1=CCCC=C1)c1ccc(CCCSC)cc1. The summed E-state index contributed by atoms with van der Waals surface area (Å²) in [5, 5.41) is 0. The van der Waals surface area contributed by atoms with Crippen molar-refractivity contribution in [2.45, 2.75) is 25.7 Å². The van der Waals surface area contributed by atoms with E-state index in [1.807, 2.05) is 11.8 Å². The molecule has 2 rings (SSSR count). The van der Waals surface area contributed by atoms with Gasteiger partial charge in [0, 0.05) is 0 Å². The minimum atomic E-state index is 1.14. The third-order valence-corrected chi connectivity index (χ3v) is 4.16. The lowest BCUT2D eigenvalue weighted by Gasteiger charge is -2.11. The first-order chi connectivity index (χ1) is 9.31. The van der Waals surface area contributed by atoms with Crippen LogP contribution in [0.25, 0.3) is 5.57 Å². The predicted octanol–water partition coefficient (Wildman–Crippen LogP) is 5.27. The molecule has 0 N–H and O–H groups in total. The molecule has 1 aromatic rings. The van der Waals surface area contributed by atoms with Gasteiger partial charge in [-0.1, -0.05) is 49.1 Å². The summed E-state index contributed by atoms with van der Waals surface area (Å²) >= 11 is 1.92. The molecule has 1 aromatic carbocycles. The monoisotopic (exact) mass is 270 g/mol. The molecule has 1 heteroatoms. The van der Waals surface area contributed by atoms with Gasteiger partial charge < -0.3 is 0 Å². The second kappa shape index (κ2) is 7.40. The van der Waals surface area contributed by atoms with E-state index in [1.165, 1.54) is 35.3 Å². The fourth-order valence-corrected chi connectivity index (χ4v) is 2.73. The van der Waals surface area contributed by atoms with Crippen LogP contribution < -0.4 is 0 Å². The number of rotatable bonds is 6. The Balaban J connectivity index is 1.99. The van der Waals surface area contributed by atoms with Crippen molar-refractivity contribution < 1.29 is 0 Å². The topological polar surface area (TPSA) is 0 Å². The van der Waals surface area contributed by atoms with Gasteiger partial charge in [0.2, 0.25) is 0 Å². The fraction of sp³-hybridized carbons (Fsp3) is 0.333. The summed E-state index contributed by atoms with van der Waals surface area (Å²) in [4.78, 5) is 0. The zero-order chi connectivity index (χ0) is 13.5. The van der Waals surface area contributed by atoms with E-state index in [4.69, 9.17) is 0 Å². The van der Waals surface area contributed by atoms with E-state index in [0.717, 1.165) is 18.4 Å². The van der Waals surface area contributed by atoms with Gasteiger partial charge in [-0.25, -0.2) is 0 Å². The first-order valence-electron chi connectivity index (χ1n) is 6.95. The third-order valence-electron chi connectivity index (χ3n) is 3.46. The lowest BCUT2D eigenvalue weighted by molar-refractivity contribution is 0.934. The summed E-state index contributed by atoms with van der Waals surface area (Å²) < 4.78 is 0. The molecule has 1 aliphatic carbocycles. The Morgan fingerprint density at radius 3 is 2.63 bits per heavy atom. The Hall–Kier alpha value is -1.21. The first kappa shape index (κ1) is 14.2. The molecule has 0 unspecified atom stereocenters. The molecule has 0 heterocycles. The maximum atomic E-state index is 4.23. The van der Waals surface area contributed by atoms with Gasteiger partial charge in [0.25, 0.3) is 0 Å². The molecule has 0 aliphatic heterocycles. The third kappa shape index (κ3) is 4.14. The molecule has 0 nitrogen and oxygen atoms in total. The Morgan fingerprint density at radius 2 is 2.00 bits per heavy atom. The molecule has 0 spiro atoms. The second-order valence-electron chi connectivity index (χ2n) is 4.91. The van der Waals surface area contributed by atoms with Gasteiger partial charge in [0.05, 0.1) is 0 Å². The minimum absolute atomic E-state index is 1.14. The molecular formula is C18H22S. The molecule has 100 valence electrons. The van der Waals surface area contributed by atoms with Crippen LogP contribution in [0.4, 0.5) is 0 Å². The van der Waals surface area contributed by atoms with E-state index in [1.54, 1.807) is 0 Å². The predicted molar refractivity (Wildman–Crippen MR) is 88.6 cm³/mol. The molecule has 0 saturated carbocycles. The number of thioether (sulfide) groups is 1. The standard InChI is InChI=1S/C18H22S/c1-15(17-8-4-3-5-9-17)18-12-10-16(11-13-18)7-6-14-19-2/h4,8-13H,1,3,5-7,14H2,2H3. The molecule has 0 fully saturated rings. The van der Waals surface area contributed by atoms with E-state index in [-0.39, 0.29) is 0 Å². The number of allylic oxidation sites excluding steroid dienone is 5. The van der Waals surface area contributed by atoms with Crippen molar-refractivity contribution in [2.24, 2.45) is 0 Å². The zero-order valence-corrected chi connectivity index (χ0v) is 12.5. The number of hydrogen-bond acceptors (Lipinski definition) is 1. The Kier molecular flexibility index (Phi) is 5.53. The highest BCUT2D eigenvalue weighted by Crippen LogP contribution is 2.25. The van der Waals surface area contributed by atoms with Crippen LogP contribution in [0.5, 0.6) is 0 Å². The summed E-state index contributed by atoms with van der Waals surface area (Å²) in [7, 11) is 0. The first-order valence-corrected chi connectivity index (χ1v) is 8.35. The molecule has 0 atom stereocenters. The Morgan fingerprint density at radius 1 is 1.21 bits per heavy atom. The van der Waals surface area contributed by atoms with Crippen molar-refractivity contribution in [2.75, 3.05) is 12.0 Å². The van der Waals surface area contributed by atoms with Crippen molar-refractivity contribution in [3.05, 3.63) is 65.8 Å². The molecule has 0 bridgehead atoms. The van der Waals surface area contributed by atoms with Crippen molar-refractivity contribution in [1.29, 1.82) is 0 Å². The summed E-state index contributed by atoms with van der Waals surface area (Å²) in [5.41, 5.74) is 5.10. The van der Waals surface area contributed by atoms with E-state index in [2.05, 4.69) is 55.3 Å². The Bertz CT molecular complexity index is 477. The lowest BCUT2D eigenvalue weighted by atomic mass is 9.94. The minimum Gasteiger partial charge on any atom is -0.165 e. The summed E-state index contributed by atoms with van der Waals surface area (Å²) in [5.74, 6) is 1.24. The van der Waals surface area contributed by atoms with Crippen molar-refractivity contribution in [3.8, 4) is 0 Å². The highest BCUT2D eigenvalue weighted by molar-refractivity contribution is 7.98. The number of benzene rings is 1. The Labute approximate surface area is 121 Å². The molecular weight excluding hydrogens is 248 g/mol. The average Bonchev–Trinajstić information content (AvgIpc) is 2.48. The highest BCUT2D eigenvalue weighted by Gasteiger charge is 2.05. The van der Waals surface area contributed by atoms with Crippen LogP contribution in [-0.2, 0) is 6.42 Å². The van der Waals surface area contributed by atoms with Crippen LogP contribution in [0.1, 0.15) is 30.4 Å². The van der Waals surface area contributed by atoms with Gasteiger partial charge in [-0.3, -0.25) is 0 Å². The average molecular weight is 270 g/mol. The smallest absolute Gasteiger partial charge is 0.00671 e. The second-order valence-corrected chi connectivity index (χ2v) is 5.90. The zero-order valence-electron chi connectivity index (χ0n) is 11.7.